The summed E-state index contributed by atoms with van der Waals surface area (Å²) in [6.45, 7) is 17.1. The molecular formula is C15H24. The molecule has 0 aliphatic heterocycles. The Kier molecular flexibility index (Phi) is 3.59. The molecule has 0 unspecified atom stereocenters. The van der Waals surface area contributed by atoms with E-state index in [-0.39, 0.29) is 5.41 Å². The lowest BCUT2D eigenvalue weighted by atomic mass is 9.65. The molecular weight excluding hydrogens is 180 g/mol. The van der Waals surface area contributed by atoms with Crippen molar-refractivity contribution in [1.82, 2.24) is 0 Å². The fourth-order valence-electron chi connectivity index (χ4n) is 2.47. The van der Waals surface area contributed by atoms with Gasteiger partial charge in [0.1, 0.15) is 0 Å². The summed E-state index contributed by atoms with van der Waals surface area (Å²) in [6, 6.07) is 0. The quantitative estimate of drug-likeness (QED) is 0.582. The minimum atomic E-state index is 0.213. The van der Waals surface area contributed by atoms with Gasteiger partial charge in [-0.1, -0.05) is 50.6 Å². The molecule has 0 aromatic heterocycles. The van der Waals surface area contributed by atoms with Gasteiger partial charge in [0, 0.05) is 5.92 Å². The molecule has 84 valence electrons. The SMILES string of the molecule is C=C[C@]1(C)CCC(C(C)C)=C[C@@H]1C(=C)C. The van der Waals surface area contributed by atoms with Crippen LogP contribution < -0.4 is 0 Å². The highest BCUT2D eigenvalue weighted by atomic mass is 14.4. The van der Waals surface area contributed by atoms with Gasteiger partial charge in [-0.2, -0.15) is 0 Å². The van der Waals surface area contributed by atoms with Crippen LogP contribution in [0.2, 0.25) is 0 Å². The first-order valence-corrected chi connectivity index (χ1v) is 5.90. The molecule has 0 aromatic carbocycles. The average Bonchev–Trinajstić information content (AvgIpc) is 2.17. The summed E-state index contributed by atoms with van der Waals surface area (Å²) >= 11 is 0. The fraction of sp³-hybridized carbons (Fsp3) is 0.600. The van der Waals surface area contributed by atoms with Gasteiger partial charge in [-0.3, -0.25) is 0 Å². The minimum absolute atomic E-state index is 0.213. The van der Waals surface area contributed by atoms with Gasteiger partial charge in [-0.25, -0.2) is 0 Å². The summed E-state index contributed by atoms with van der Waals surface area (Å²) in [5, 5.41) is 0. The lowest BCUT2D eigenvalue weighted by molar-refractivity contribution is 0.294. The van der Waals surface area contributed by atoms with E-state index >= 15 is 0 Å². The third-order valence-electron chi connectivity index (χ3n) is 3.78. The highest BCUT2D eigenvalue weighted by molar-refractivity contribution is 5.25. The lowest BCUT2D eigenvalue weighted by Crippen LogP contribution is -2.28. The Labute approximate surface area is 94.8 Å². The molecule has 0 nitrogen and oxygen atoms in total. The molecule has 0 saturated carbocycles. The lowest BCUT2D eigenvalue weighted by Gasteiger charge is -2.39. The smallest absolute Gasteiger partial charge is 0.00625 e. The molecule has 2 atom stereocenters. The van der Waals surface area contributed by atoms with Crippen LogP contribution in [0.5, 0.6) is 0 Å². The van der Waals surface area contributed by atoms with Gasteiger partial charge in [0.15, 0.2) is 0 Å². The van der Waals surface area contributed by atoms with Gasteiger partial charge in [0.05, 0.1) is 0 Å². The van der Waals surface area contributed by atoms with Crippen LogP contribution in [0.3, 0.4) is 0 Å². The van der Waals surface area contributed by atoms with Gasteiger partial charge < -0.3 is 0 Å². The Morgan fingerprint density at radius 3 is 2.60 bits per heavy atom. The molecule has 1 aliphatic rings. The van der Waals surface area contributed by atoms with E-state index in [4.69, 9.17) is 0 Å². The van der Waals surface area contributed by atoms with Gasteiger partial charge >= 0.3 is 0 Å². The summed E-state index contributed by atoms with van der Waals surface area (Å²) in [5.74, 6) is 1.14. The normalized spacial score (nSPS) is 31.3. The Bertz CT molecular complexity index is 293. The Hall–Kier alpha value is -0.780. The highest BCUT2D eigenvalue weighted by Gasteiger charge is 2.34. The molecule has 0 spiro atoms. The van der Waals surface area contributed by atoms with E-state index < -0.39 is 0 Å². The Morgan fingerprint density at radius 2 is 2.20 bits per heavy atom. The first-order chi connectivity index (χ1) is 6.90. The summed E-state index contributed by atoms with van der Waals surface area (Å²) in [4.78, 5) is 0. The van der Waals surface area contributed by atoms with E-state index in [1.54, 1.807) is 5.57 Å². The van der Waals surface area contributed by atoms with E-state index in [0.29, 0.717) is 11.8 Å². The van der Waals surface area contributed by atoms with Crippen LogP contribution >= 0.6 is 0 Å². The maximum atomic E-state index is 4.12. The summed E-state index contributed by atoms with van der Waals surface area (Å²) in [5.41, 5.74) is 3.06. The van der Waals surface area contributed by atoms with Gasteiger partial charge in [-0.15, -0.1) is 6.58 Å². The third-order valence-corrected chi connectivity index (χ3v) is 3.78. The number of hydrogen-bond acceptors (Lipinski definition) is 0. The molecule has 0 aromatic rings. The zero-order valence-corrected chi connectivity index (χ0v) is 10.6. The molecule has 0 heteroatoms. The molecule has 0 heterocycles. The van der Waals surface area contributed by atoms with Gasteiger partial charge in [-0.05, 0) is 31.1 Å². The van der Waals surface area contributed by atoms with E-state index in [9.17, 15) is 0 Å². The van der Waals surface area contributed by atoms with E-state index in [0.717, 1.165) is 0 Å². The third kappa shape index (κ3) is 2.42. The van der Waals surface area contributed by atoms with Crippen LogP contribution in [0.15, 0.2) is 36.5 Å². The predicted octanol–water partition coefficient (Wildman–Crippen LogP) is 4.75. The van der Waals surface area contributed by atoms with Crippen LogP contribution in [0.4, 0.5) is 0 Å². The van der Waals surface area contributed by atoms with E-state index in [1.165, 1.54) is 18.4 Å². The van der Waals surface area contributed by atoms with E-state index in [2.05, 4.69) is 53.0 Å². The summed E-state index contributed by atoms with van der Waals surface area (Å²) < 4.78 is 0. The van der Waals surface area contributed by atoms with Crippen molar-refractivity contribution in [2.24, 2.45) is 17.3 Å². The van der Waals surface area contributed by atoms with Crippen LogP contribution in [-0.2, 0) is 0 Å². The first kappa shape index (κ1) is 12.3. The first-order valence-electron chi connectivity index (χ1n) is 5.90. The van der Waals surface area contributed by atoms with Crippen molar-refractivity contribution in [2.75, 3.05) is 0 Å². The van der Waals surface area contributed by atoms with Crippen molar-refractivity contribution < 1.29 is 0 Å². The molecule has 1 rings (SSSR count). The van der Waals surface area contributed by atoms with Crippen molar-refractivity contribution in [3.05, 3.63) is 36.5 Å². The standard InChI is InChI=1S/C15H24/c1-7-15(6)9-8-13(11(2)3)10-14(15)12(4)5/h7,10-11,14H,1,4,8-9H2,2-3,5-6H3/t14-,15-/m1/s1. The number of allylic oxidation sites excluding steroid dienone is 4. The van der Waals surface area contributed by atoms with Crippen LogP contribution in [-0.4, -0.2) is 0 Å². The second kappa shape index (κ2) is 4.38. The molecule has 0 amide bonds. The number of hydrogen-bond donors (Lipinski definition) is 0. The molecule has 0 N–H and O–H groups in total. The summed E-state index contributed by atoms with van der Waals surface area (Å²) in [7, 11) is 0. The molecule has 1 aliphatic carbocycles. The van der Waals surface area contributed by atoms with Crippen LogP contribution in [0, 0.1) is 17.3 Å². The predicted molar refractivity (Wildman–Crippen MR) is 68.8 cm³/mol. The minimum Gasteiger partial charge on any atom is -0.102 e. The molecule has 0 radical (unpaired) electrons. The van der Waals surface area contributed by atoms with Gasteiger partial charge in [0.25, 0.3) is 0 Å². The maximum Gasteiger partial charge on any atom is 0.00625 e. The largest absolute Gasteiger partial charge is 0.102 e. The summed E-state index contributed by atoms with van der Waals surface area (Å²) in [6.07, 6.45) is 6.96. The highest BCUT2D eigenvalue weighted by Crippen LogP contribution is 2.45. The van der Waals surface area contributed by atoms with Crippen molar-refractivity contribution in [1.29, 1.82) is 0 Å². The molecule has 15 heavy (non-hydrogen) atoms. The monoisotopic (exact) mass is 204 g/mol. The van der Waals surface area contributed by atoms with Crippen molar-refractivity contribution >= 4 is 0 Å². The van der Waals surface area contributed by atoms with Crippen LogP contribution in [0.25, 0.3) is 0 Å². The Morgan fingerprint density at radius 1 is 1.60 bits per heavy atom. The fourth-order valence-corrected chi connectivity index (χ4v) is 2.47. The van der Waals surface area contributed by atoms with Crippen molar-refractivity contribution in [2.45, 2.75) is 40.5 Å². The molecule has 0 fully saturated rings. The maximum absolute atomic E-state index is 4.12. The zero-order chi connectivity index (χ0) is 11.6. The zero-order valence-electron chi connectivity index (χ0n) is 10.6. The number of rotatable bonds is 3. The van der Waals surface area contributed by atoms with Gasteiger partial charge in [0.2, 0.25) is 0 Å². The molecule has 0 saturated heterocycles. The van der Waals surface area contributed by atoms with Crippen LogP contribution in [0.1, 0.15) is 40.5 Å². The second-order valence-electron chi connectivity index (χ2n) is 5.43. The van der Waals surface area contributed by atoms with E-state index in [1.807, 2.05) is 0 Å². The average molecular weight is 204 g/mol. The molecule has 0 bridgehead atoms. The topological polar surface area (TPSA) is 0 Å². The van der Waals surface area contributed by atoms with Crippen molar-refractivity contribution in [3.8, 4) is 0 Å². The Balaban J connectivity index is 3.04. The van der Waals surface area contributed by atoms with Crippen molar-refractivity contribution in [3.63, 3.8) is 0 Å². The second-order valence-corrected chi connectivity index (χ2v) is 5.43.